The van der Waals surface area contributed by atoms with Crippen molar-refractivity contribution in [3.05, 3.63) is 23.8 Å². The van der Waals surface area contributed by atoms with Gasteiger partial charge in [-0.1, -0.05) is 12.1 Å². The van der Waals surface area contributed by atoms with E-state index in [1.165, 1.54) is 0 Å². The molecule has 1 aromatic rings. The minimum absolute atomic E-state index is 0.480. The zero-order valence-electron chi connectivity index (χ0n) is 11.1. The minimum Gasteiger partial charge on any atom is -0.493 e. The van der Waals surface area contributed by atoms with Crippen molar-refractivity contribution in [1.82, 2.24) is 4.90 Å². The van der Waals surface area contributed by atoms with Gasteiger partial charge in [-0.15, -0.1) is 0 Å². The lowest BCUT2D eigenvalue weighted by Gasteiger charge is -2.22. The number of hydrogen-bond donors (Lipinski definition) is 1. The van der Waals surface area contributed by atoms with Crippen LogP contribution in [0.15, 0.2) is 18.2 Å². The molecule has 0 spiro atoms. The fourth-order valence-electron chi connectivity index (χ4n) is 1.67. The van der Waals surface area contributed by atoms with Crippen LogP contribution >= 0.6 is 0 Å². The molecule has 5 heteroatoms. The van der Waals surface area contributed by atoms with Crippen molar-refractivity contribution in [2.75, 3.05) is 21.3 Å². The van der Waals surface area contributed by atoms with Crippen LogP contribution in [0, 0.1) is 0 Å². The number of hydrogen-bond acceptors (Lipinski definition) is 4. The van der Waals surface area contributed by atoms with Crippen LogP contribution in [0.3, 0.4) is 0 Å². The van der Waals surface area contributed by atoms with Gasteiger partial charge in [-0.3, -0.25) is 9.69 Å². The molecule has 0 aliphatic rings. The molecule has 18 heavy (non-hydrogen) atoms. The normalized spacial score (nSPS) is 12.3. The second kappa shape index (κ2) is 6.26. The molecule has 1 atom stereocenters. The van der Waals surface area contributed by atoms with Crippen LogP contribution in [-0.2, 0) is 11.3 Å². The predicted octanol–water partition coefficient (Wildman–Crippen LogP) is 1.61. The predicted molar refractivity (Wildman–Crippen MR) is 68.1 cm³/mol. The molecule has 100 valence electrons. The summed E-state index contributed by atoms with van der Waals surface area (Å²) in [5, 5.41) is 8.96. The Morgan fingerprint density at radius 1 is 1.39 bits per heavy atom. The van der Waals surface area contributed by atoms with Gasteiger partial charge in [0.2, 0.25) is 0 Å². The van der Waals surface area contributed by atoms with Crippen LogP contribution in [0.5, 0.6) is 11.5 Å². The average molecular weight is 253 g/mol. The summed E-state index contributed by atoms with van der Waals surface area (Å²) >= 11 is 0. The fourth-order valence-corrected chi connectivity index (χ4v) is 1.67. The lowest BCUT2D eigenvalue weighted by atomic mass is 10.1. The largest absolute Gasteiger partial charge is 0.493 e. The van der Waals surface area contributed by atoms with Crippen molar-refractivity contribution in [2.24, 2.45) is 0 Å². The maximum absolute atomic E-state index is 10.9. The Kier molecular flexibility index (Phi) is 4.97. The Labute approximate surface area is 107 Å². The highest BCUT2D eigenvalue weighted by molar-refractivity contribution is 5.72. The Morgan fingerprint density at radius 3 is 2.56 bits per heavy atom. The van der Waals surface area contributed by atoms with Crippen molar-refractivity contribution < 1.29 is 19.4 Å². The number of rotatable bonds is 6. The second-order valence-electron chi connectivity index (χ2n) is 4.08. The van der Waals surface area contributed by atoms with Gasteiger partial charge in [-0.05, 0) is 20.0 Å². The van der Waals surface area contributed by atoms with E-state index in [1.807, 2.05) is 18.2 Å². The summed E-state index contributed by atoms with van der Waals surface area (Å²) in [6.07, 6.45) is 0. The van der Waals surface area contributed by atoms with Crippen molar-refractivity contribution in [2.45, 2.75) is 19.5 Å². The Balaban J connectivity index is 2.93. The second-order valence-corrected chi connectivity index (χ2v) is 4.08. The third-order valence-corrected chi connectivity index (χ3v) is 2.92. The lowest BCUT2D eigenvalue weighted by Crippen LogP contribution is -2.35. The first-order valence-electron chi connectivity index (χ1n) is 5.64. The first-order valence-corrected chi connectivity index (χ1v) is 5.64. The molecule has 0 amide bonds. The number of carboxylic acid groups (broad SMARTS) is 1. The molecular formula is C13H19NO4. The number of ether oxygens (including phenoxy) is 2. The Bertz CT molecular complexity index is 419. The monoisotopic (exact) mass is 253 g/mol. The summed E-state index contributed by atoms with van der Waals surface area (Å²) < 4.78 is 10.5. The van der Waals surface area contributed by atoms with E-state index in [4.69, 9.17) is 14.6 Å². The SMILES string of the molecule is COc1cccc(CN(C)C(C)C(=O)O)c1OC. The minimum atomic E-state index is -0.848. The summed E-state index contributed by atoms with van der Waals surface area (Å²) in [5.41, 5.74) is 0.896. The number of benzene rings is 1. The zero-order valence-corrected chi connectivity index (χ0v) is 11.1. The maximum Gasteiger partial charge on any atom is 0.320 e. The van der Waals surface area contributed by atoms with Crippen LogP contribution in [0.4, 0.5) is 0 Å². The Hall–Kier alpha value is -1.75. The molecule has 0 aliphatic heterocycles. The Morgan fingerprint density at radius 2 is 2.06 bits per heavy atom. The first-order chi connectivity index (χ1) is 8.51. The summed E-state index contributed by atoms with van der Waals surface area (Å²) in [7, 11) is 4.91. The van der Waals surface area contributed by atoms with E-state index in [2.05, 4.69) is 0 Å². The average Bonchev–Trinajstić information content (AvgIpc) is 2.37. The van der Waals surface area contributed by atoms with Crippen LogP contribution in [0.25, 0.3) is 0 Å². The molecule has 1 aromatic carbocycles. The topological polar surface area (TPSA) is 59.0 Å². The molecule has 0 bridgehead atoms. The highest BCUT2D eigenvalue weighted by atomic mass is 16.5. The van der Waals surface area contributed by atoms with Gasteiger partial charge < -0.3 is 14.6 Å². The number of aliphatic carboxylic acids is 1. The van der Waals surface area contributed by atoms with Gasteiger partial charge in [0.15, 0.2) is 11.5 Å². The van der Waals surface area contributed by atoms with Gasteiger partial charge in [-0.25, -0.2) is 0 Å². The van der Waals surface area contributed by atoms with Crippen LogP contribution in [0.2, 0.25) is 0 Å². The summed E-state index contributed by atoms with van der Waals surface area (Å²) in [6, 6.07) is 5.01. The number of carboxylic acids is 1. The molecule has 1 N–H and O–H groups in total. The van der Waals surface area contributed by atoms with Crippen molar-refractivity contribution in [3.8, 4) is 11.5 Å². The van der Waals surface area contributed by atoms with E-state index >= 15 is 0 Å². The summed E-state index contributed by atoms with van der Waals surface area (Å²) in [4.78, 5) is 12.6. The molecule has 0 saturated heterocycles. The summed E-state index contributed by atoms with van der Waals surface area (Å²) in [5.74, 6) is 0.440. The fraction of sp³-hybridized carbons (Fsp3) is 0.462. The number of nitrogens with zero attached hydrogens (tertiary/aromatic N) is 1. The number of methoxy groups -OCH3 is 2. The van der Waals surface area contributed by atoms with Gasteiger partial charge in [0.05, 0.1) is 14.2 Å². The van der Waals surface area contributed by atoms with Gasteiger partial charge in [0, 0.05) is 12.1 Å². The third-order valence-electron chi connectivity index (χ3n) is 2.92. The molecule has 0 aliphatic carbocycles. The van der Waals surface area contributed by atoms with Crippen LogP contribution in [-0.4, -0.2) is 43.3 Å². The molecule has 0 saturated carbocycles. The van der Waals surface area contributed by atoms with Gasteiger partial charge in [0.1, 0.15) is 6.04 Å². The molecule has 0 aromatic heterocycles. The standard InChI is InChI=1S/C13H19NO4/c1-9(13(15)16)14(2)8-10-6-5-7-11(17-3)12(10)18-4/h5-7,9H,8H2,1-4H3,(H,15,16). The molecule has 0 heterocycles. The number of carbonyl (C=O) groups is 1. The van der Waals surface area contributed by atoms with Crippen molar-refractivity contribution in [3.63, 3.8) is 0 Å². The van der Waals surface area contributed by atoms with E-state index in [0.29, 0.717) is 18.0 Å². The molecule has 1 rings (SSSR count). The van der Waals surface area contributed by atoms with Crippen molar-refractivity contribution in [1.29, 1.82) is 0 Å². The van der Waals surface area contributed by atoms with Crippen LogP contribution in [0.1, 0.15) is 12.5 Å². The van der Waals surface area contributed by atoms with E-state index in [0.717, 1.165) is 5.56 Å². The van der Waals surface area contributed by atoms with Gasteiger partial charge >= 0.3 is 5.97 Å². The highest BCUT2D eigenvalue weighted by Crippen LogP contribution is 2.31. The molecular weight excluding hydrogens is 234 g/mol. The van der Waals surface area contributed by atoms with Crippen molar-refractivity contribution >= 4 is 5.97 Å². The van der Waals surface area contributed by atoms with Gasteiger partial charge in [0.25, 0.3) is 0 Å². The first kappa shape index (κ1) is 14.3. The molecule has 5 nitrogen and oxygen atoms in total. The van der Waals surface area contributed by atoms with Gasteiger partial charge in [-0.2, -0.15) is 0 Å². The zero-order chi connectivity index (χ0) is 13.7. The quantitative estimate of drug-likeness (QED) is 0.834. The number of likely N-dealkylation sites (N-methyl/N-ethyl adjacent to an activating group) is 1. The summed E-state index contributed by atoms with van der Waals surface area (Å²) in [6.45, 7) is 2.13. The molecule has 0 fully saturated rings. The van der Waals surface area contributed by atoms with E-state index in [-0.39, 0.29) is 0 Å². The molecule has 1 unspecified atom stereocenters. The third kappa shape index (κ3) is 3.13. The van der Waals surface area contributed by atoms with Crippen LogP contribution < -0.4 is 9.47 Å². The molecule has 0 radical (unpaired) electrons. The maximum atomic E-state index is 10.9. The number of para-hydroxylation sites is 1. The van der Waals surface area contributed by atoms with E-state index in [1.54, 1.807) is 33.1 Å². The smallest absolute Gasteiger partial charge is 0.320 e. The lowest BCUT2D eigenvalue weighted by molar-refractivity contribution is -0.142. The highest BCUT2D eigenvalue weighted by Gasteiger charge is 2.19. The van der Waals surface area contributed by atoms with E-state index < -0.39 is 12.0 Å². The van der Waals surface area contributed by atoms with E-state index in [9.17, 15) is 4.79 Å².